The van der Waals surface area contributed by atoms with E-state index in [1.807, 2.05) is 24.3 Å². The van der Waals surface area contributed by atoms with Crippen LogP contribution < -0.4 is 15.2 Å². The molecule has 1 aliphatic carbocycles. The Labute approximate surface area is 125 Å². The minimum atomic E-state index is 0.491. The van der Waals surface area contributed by atoms with E-state index in [2.05, 4.69) is 18.2 Å². The van der Waals surface area contributed by atoms with Gasteiger partial charge >= 0.3 is 0 Å². The Bertz CT molecular complexity index is 610. The average Bonchev–Trinajstić information content (AvgIpc) is 2.53. The van der Waals surface area contributed by atoms with Crippen LogP contribution in [0, 0.1) is 0 Å². The summed E-state index contributed by atoms with van der Waals surface area (Å²) in [6.07, 6.45) is 4.96. The number of rotatable bonds is 5. The van der Waals surface area contributed by atoms with E-state index in [1.165, 1.54) is 36.8 Å². The Morgan fingerprint density at radius 1 is 0.857 bits per heavy atom. The van der Waals surface area contributed by atoms with Crippen LogP contribution in [0.25, 0.3) is 0 Å². The number of benzene rings is 2. The zero-order valence-corrected chi connectivity index (χ0v) is 12.2. The molecular formula is C18H21NO2. The van der Waals surface area contributed by atoms with Gasteiger partial charge in [0, 0.05) is 0 Å². The van der Waals surface area contributed by atoms with Crippen LogP contribution in [0.1, 0.15) is 24.0 Å². The van der Waals surface area contributed by atoms with E-state index >= 15 is 0 Å². The lowest BCUT2D eigenvalue weighted by Crippen LogP contribution is -2.10. The lowest BCUT2D eigenvalue weighted by Gasteiger charge is -2.17. The van der Waals surface area contributed by atoms with Gasteiger partial charge in [0.2, 0.25) is 0 Å². The highest BCUT2D eigenvalue weighted by Crippen LogP contribution is 2.25. The summed E-state index contributed by atoms with van der Waals surface area (Å²) in [5.41, 5.74) is 9.39. The number of nitrogens with two attached hydrogens (primary N) is 1. The van der Waals surface area contributed by atoms with Crippen molar-refractivity contribution in [2.75, 3.05) is 18.9 Å². The van der Waals surface area contributed by atoms with Gasteiger partial charge in [-0.15, -0.1) is 0 Å². The smallest absolute Gasteiger partial charge is 0.142 e. The molecule has 0 amide bonds. The first-order valence-corrected chi connectivity index (χ1v) is 7.55. The molecule has 0 aromatic heterocycles. The lowest BCUT2D eigenvalue weighted by molar-refractivity contribution is 0.217. The summed E-state index contributed by atoms with van der Waals surface area (Å²) in [6, 6.07) is 13.9. The minimum Gasteiger partial charge on any atom is -0.490 e. The van der Waals surface area contributed by atoms with Crippen molar-refractivity contribution in [3.8, 4) is 11.5 Å². The van der Waals surface area contributed by atoms with Gasteiger partial charge in [-0.05, 0) is 61.1 Å². The highest BCUT2D eigenvalue weighted by atomic mass is 16.5. The van der Waals surface area contributed by atoms with Crippen LogP contribution in [0.5, 0.6) is 11.5 Å². The van der Waals surface area contributed by atoms with E-state index in [1.54, 1.807) is 0 Å². The Hall–Kier alpha value is -2.16. The minimum absolute atomic E-state index is 0.491. The molecule has 3 rings (SSSR count). The molecule has 0 heterocycles. The Morgan fingerprint density at radius 3 is 2.48 bits per heavy atom. The Morgan fingerprint density at radius 2 is 1.62 bits per heavy atom. The van der Waals surface area contributed by atoms with Crippen LogP contribution in [0.2, 0.25) is 0 Å². The maximum atomic E-state index is 5.82. The molecule has 0 radical (unpaired) electrons. The van der Waals surface area contributed by atoms with Gasteiger partial charge in [-0.3, -0.25) is 0 Å². The van der Waals surface area contributed by atoms with Gasteiger partial charge in [0.15, 0.2) is 0 Å². The second-order valence-corrected chi connectivity index (χ2v) is 5.37. The van der Waals surface area contributed by atoms with E-state index in [4.69, 9.17) is 15.2 Å². The number of ether oxygens (including phenoxy) is 2. The molecule has 0 saturated heterocycles. The maximum Gasteiger partial charge on any atom is 0.142 e. The van der Waals surface area contributed by atoms with Crippen LogP contribution in [-0.4, -0.2) is 13.2 Å². The summed E-state index contributed by atoms with van der Waals surface area (Å²) < 4.78 is 11.4. The van der Waals surface area contributed by atoms with E-state index in [9.17, 15) is 0 Å². The fourth-order valence-electron chi connectivity index (χ4n) is 2.72. The molecule has 2 N–H and O–H groups in total. The summed E-state index contributed by atoms with van der Waals surface area (Å²) in [4.78, 5) is 0. The van der Waals surface area contributed by atoms with Crippen molar-refractivity contribution in [1.82, 2.24) is 0 Å². The third kappa shape index (κ3) is 3.48. The molecule has 0 bridgehead atoms. The SMILES string of the molecule is Nc1ccccc1OCCOc1ccc2c(c1)CCCC2. The molecule has 0 saturated carbocycles. The molecule has 3 nitrogen and oxygen atoms in total. The van der Waals surface area contributed by atoms with Crippen molar-refractivity contribution in [3.63, 3.8) is 0 Å². The van der Waals surface area contributed by atoms with Gasteiger partial charge < -0.3 is 15.2 Å². The summed E-state index contributed by atoms with van der Waals surface area (Å²) >= 11 is 0. The van der Waals surface area contributed by atoms with Crippen molar-refractivity contribution in [1.29, 1.82) is 0 Å². The number of hydrogen-bond donors (Lipinski definition) is 1. The predicted octanol–water partition coefficient (Wildman–Crippen LogP) is 3.61. The first-order valence-electron chi connectivity index (χ1n) is 7.55. The normalized spacial score (nSPS) is 13.5. The molecule has 0 fully saturated rings. The molecule has 21 heavy (non-hydrogen) atoms. The number of para-hydroxylation sites is 2. The number of hydrogen-bond acceptors (Lipinski definition) is 3. The van der Waals surface area contributed by atoms with E-state index in [-0.39, 0.29) is 0 Å². The van der Waals surface area contributed by atoms with Gasteiger partial charge in [-0.25, -0.2) is 0 Å². The van der Waals surface area contributed by atoms with Crippen LogP contribution in [0.4, 0.5) is 5.69 Å². The summed E-state index contributed by atoms with van der Waals surface area (Å²) in [6.45, 7) is 1.01. The zero-order chi connectivity index (χ0) is 14.5. The van der Waals surface area contributed by atoms with Gasteiger partial charge in [0.25, 0.3) is 0 Å². The van der Waals surface area contributed by atoms with Gasteiger partial charge in [0.05, 0.1) is 5.69 Å². The van der Waals surface area contributed by atoms with Gasteiger partial charge in [-0.1, -0.05) is 18.2 Å². The summed E-state index contributed by atoms with van der Waals surface area (Å²) in [5, 5.41) is 0. The molecule has 110 valence electrons. The molecule has 0 unspecified atom stereocenters. The van der Waals surface area contributed by atoms with Crippen molar-refractivity contribution in [2.45, 2.75) is 25.7 Å². The second kappa shape index (κ2) is 6.53. The number of fused-ring (bicyclic) bond motifs is 1. The summed E-state index contributed by atoms with van der Waals surface area (Å²) in [7, 11) is 0. The fraction of sp³-hybridized carbons (Fsp3) is 0.333. The highest BCUT2D eigenvalue weighted by Gasteiger charge is 2.09. The molecule has 0 spiro atoms. The molecule has 2 aromatic rings. The Balaban J connectivity index is 1.50. The third-order valence-corrected chi connectivity index (χ3v) is 3.85. The monoisotopic (exact) mass is 283 g/mol. The van der Waals surface area contributed by atoms with Gasteiger partial charge in [0.1, 0.15) is 24.7 Å². The predicted molar refractivity (Wildman–Crippen MR) is 84.9 cm³/mol. The topological polar surface area (TPSA) is 44.5 Å². The van der Waals surface area contributed by atoms with Crippen molar-refractivity contribution < 1.29 is 9.47 Å². The average molecular weight is 283 g/mol. The zero-order valence-electron chi connectivity index (χ0n) is 12.2. The Kier molecular flexibility index (Phi) is 4.29. The van der Waals surface area contributed by atoms with Crippen LogP contribution in [-0.2, 0) is 12.8 Å². The molecule has 0 atom stereocenters. The van der Waals surface area contributed by atoms with Gasteiger partial charge in [-0.2, -0.15) is 0 Å². The number of anilines is 1. The van der Waals surface area contributed by atoms with E-state index in [0.29, 0.717) is 24.7 Å². The lowest BCUT2D eigenvalue weighted by atomic mass is 9.92. The molecule has 2 aromatic carbocycles. The van der Waals surface area contributed by atoms with E-state index in [0.717, 1.165) is 5.75 Å². The third-order valence-electron chi connectivity index (χ3n) is 3.85. The summed E-state index contributed by atoms with van der Waals surface area (Å²) in [5.74, 6) is 1.65. The molecule has 3 heteroatoms. The largest absolute Gasteiger partial charge is 0.490 e. The number of nitrogen functional groups attached to an aromatic ring is 1. The first-order chi connectivity index (χ1) is 10.3. The maximum absolute atomic E-state index is 5.82. The second-order valence-electron chi connectivity index (χ2n) is 5.37. The molecule has 0 aliphatic heterocycles. The van der Waals surface area contributed by atoms with Crippen LogP contribution in [0.15, 0.2) is 42.5 Å². The van der Waals surface area contributed by atoms with Crippen LogP contribution in [0.3, 0.4) is 0 Å². The van der Waals surface area contributed by atoms with Crippen molar-refractivity contribution >= 4 is 5.69 Å². The molecular weight excluding hydrogens is 262 g/mol. The highest BCUT2D eigenvalue weighted by molar-refractivity contribution is 5.51. The van der Waals surface area contributed by atoms with E-state index < -0.39 is 0 Å². The fourth-order valence-corrected chi connectivity index (χ4v) is 2.72. The van der Waals surface area contributed by atoms with Crippen LogP contribution >= 0.6 is 0 Å². The van der Waals surface area contributed by atoms with Crippen molar-refractivity contribution in [3.05, 3.63) is 53.6 Å². The number of aryl methyl sites for hydroxylation is 2. The quantitative estimate of drug-likeness (QED) is 0.673. The standard InChI is InChI=1S/C18H21NO2/c19-17-7-3-4-8-18(17)21-12-11-20-16-10-9-14-5-1-2-6-15(14)13-16/h3-4,7-10,13H,1-2,5-6,11-12,19H2. The molecule has 1 aliphatic rings. The van der Waals surface area contributed by atoms with Crippen molar-refractivity contribution in [2.24, 2.45) is 0 Å². The first kappa shape index (κ1) is 13.8.